The molecule has 3 aliphatic carbocycles. The maximum Gasteiger partial charge on any atom is 0.435 e. The second kappa shape index (κ2) is 10.5. The molecule has 3 aromatic rings. The topological polar surface area (TPSA) is 102 Å². The first-order valence-corrected chi connectivity index (χ1v) is 14.4. The number of rotatable bonds is 5. The summed E-state index contributed by atoms with van der Waals surface area (Å²) in [6, 6.07) is 3.56. The molecule has 0 bridgehead atoms. The highest BCUT2D eigenvalue weighted by Gasteiger charge is 2.54. The van der Waals surface area contributed by atoms with E-state index in [1.807, 2.05) is 0 Å². The lowest BCUT2D eigenvalue weighted by atomic mass is 9.87. The molecule has 6 rings (SSSR count). The van der Waals surface area contributed by atoms with Crippen LogP contribution in [0.2, 0.25) is 5.02 Å². The molecular formula is C29H30ClF4N5O3. The third kappa shape index (κ3) is 5.23. The van der Waals surface area contributed by atoms with Crippen molar-refractivity contribution < 1.29 is 32.3 Å². The van der Waals surface area contributed by atoms with Gasteiger partial charge in [0, 0.05) is 43.3 Å². The van der Waals surface area contributed by atoms with E-state index in [4.69, 9.17) is 11.6 Å². The predicted octanol–water partition coefficient (Wildman–Crippen LogP) is 6.16. The monoisotopic (exact) mass is 607 g/mol. The van der Waals surface area contributed by atoms with Crippen molar-refractivity contribution in [3.05, 3.63) is 64.2 Å². The third-order valence-corrected chi connectivity index (χ3v) is 9.46. The van der Waals surface area contributed by atoms with Crippen LogP contribution in [0.1, 0.15) is 90.8 Å². The summed E-state index contributed by atoms with van der Waals surface area (Å²) in [6.45, 7) is 0. The summed E-state index contributed by atoms with van der Waals surface area (Å²) >= 11 is 5.85. The molecule has 3 saturated carbocycles. The Morgan fingerprint density at radius 2 is 1.83 bits per heavy atom. The SMILES string of the molecule is Cn1cnc(C2CC3CC(O)(c4cn(C5CCC(=O)CC5)nc4C(F)(F)F)CC3C2)c1C(=O)Nc1ccc(F)c(Cl)c1. The molecule has 2 atom stereocenters. The largest absolute Gasteiger partial charge is 0.435 e. The van der Waals surface area contributed by atoms with E-state index in [1.54, 1.807) is 11.6 Å². The minimum absolute atomic E-state index is 0.0643. The van der Waals surface area contributed by atoms with E-state index in [2.05, 4.69) is 15.4 Å². The Morgan fingerprint density at radius 3 is 2.45 bits per heavy atom. The van der Waals surface area contributed by atoms with Gasteiger partial charge in [-0.05, 0) is 68.6 Å². The highest BCUT2D eigenvalue weighted by atomic mass is 35.5. The molecule has 3 aliphatic rings. The molecule has 0 radical (unpaired) electrons. The van der Waals surface area contributed by atoms with Gasteiger partial charge in [-0.15, -0.1) is 0 Å². The Bertz CT molecular complexity index is 1530. The Balaban J connectivity index is 1.20. The zero-order chi connectivity index (χ0) is 30.0. The van der Waals surface area contributed by atoms with Gasteiger partial charge in [-0.25, -0.2) is 9.37 Å². The fraction of sp³-hybridized carbons (Fsp3) is 0.517. The van der Waals surface area contributed by atoms with Crippen molar-refractivity contribution in [2.24, 2.45) is 18.9 Å². The number of aryl methyl sites for hydroxylation is 1. The van der Waals surface area contributed by atoms with Crippen LogP contribution in [0.3, 0.4) is 0 Å². The summed E-state index contributed by atoms with van der Waals surface area (Å²) in [4.78, 5) is 29.3. The van der Waals surface area contributed by atoms with Gasteiger partial charge in [0.2, 0.25) is 0 Å². The molecule has 1 aromatic carbocycles. The van der Waals surface area contributed by atoms with Gasteiger partial charge in [0.25, 0.3) is 5.91 Å². The maximum atomic E-state index is 14.1. The fourth-order valence-corrected chi connectivity index (χ4v) is 7.39. The van der Waals surface area contributed by atoms with Crippen molar-refractivity contribution in [2.75, 3.05) is 5.32 Å². The smallest absolute Gasteiger partial charge is 0.385 e. The number of nitrogens with zero attached hydrogens (tertiary/aromatic N) is 4. The van der Waals surface area contributed by atoms with Crippen molar-refractivity contribution in [3.63, 3.8) is 0 Å². The molecule has 2 N–H and O–H groups in total. The number of benzene rings is 1. The number of alkyl halides is 3. The molecule has 0 saturated heterocycles. The number of aromatic nitrogens is 4. The van der Waals surface area contributed by atoms with Gasteiger partial charge in [0.1, 0.15) is 17.3 Å². The van der Waals surface area contributed by atoms with E-state index in [9.17, 15) is 32.3 Å². The molecule has 2 heterocycles. The highest BCUT2D eigenvalue weighted by Crippen LogP contribution is 2.58. The van der Waals surface area contributed by atoms with E-state index >= 15 is 0 Å². The number of anilines is 1. The van der Waals surface area contributed by atoms with Crippen LogP contribution < -0.4 is 5.32 Å². The first kappa shape index (κ1) is 28.9. The molecule has 0 aliphatic heterocycles. The maximum absolute atomic E-state index is 14.1. The Hall–Kier alpha value is -3.25. The molecule has 1 amide bonds. The number of halogens is 5. The molecule has 42 heavy (non-hydrogen) atoms. The molecule has 3 fully saturated rings. The van der Waals surface area contributed by atoms with Crippen LogP contribution >= 0.6 is 11.6 Å². The van der Waals surface area contributed by atoms with E-state index in [0.29, 0.717) is 55.6 Å². The number of carbonyl (C=O) groups excluding carboxylic acids is 2. The normalized spacial score (nSPS) is 26.5. The minimum atomic E-state index is -4.73. The third-order valence-electron chi connectivity index (χ3n) is 9.17. The average Bonchev–Trinajstić information content (AvgIpc) is 3.68. The zero-order valence-corrected chi connectivity index (χ0v) is 23.6. The predicted molar refractivity (Wildman–Crippen MR) is 144 cm³/mol. The molecule has 224 valence electrons. The Labute approximate surface area is 244 Å². The molecule has 0 spiro atoms. The van der Waals surface area contributed by atoms with Crippen LogP contribution in [0.5, 0.6) is 0 Å². The zero-order valence-electron chi connectivity index (χ0n) is 22.8. The van der Waals surface area contributed by atoms with E-state index in [1.165, 1.54) is 29.3 Å². The number of nitrogens with one attached hydrogen (secondary N) is 1. The van der Waals surface area contributed by atoms with E-state index in [-0.39, 0.29) is 53.0 Å². The summed E-state index contributed by atoms with van der Waals surface area (Å²) in [7, 11) is 1.69. The van der Waals surface area contributed by atoms with Crippen molar-refractivity contribution in [1.82, 2.24) is 19.3 Å². The Morgan fingerprint density at radius 1 is 1.17 bits per heavy atom. The number of fused-ring (bicyclic) bond motifs is 1. The van der Waals surface area contributed by atoms with Crippen molar-refractivity contribution in [1.29, 1.82) is 0 Å². The first-order valence-electron chi connectivity index (χ1n) is 14.0. The lowest BCUT2D eigenvalue weighted by Crippen LogP contribution is -2.26. The van der Waals surface area contributed by atoms with Gasteiger partial charge in [0.15, 0.2) is 5.69 Å². The number of ketones is 1. The summed E-state index contributed by atoms with van der Waals surface area (Å²) in [5.41, 5.74) is -1.70. The van der Waals surface area contributed by atoms with Crippen LogP contribution in [-0.4, -0.2) is 36.1 Å². The summed E-state index contributed by atoms with van der Waals surface area (Å²) in [5, 5.41) is 18.1. The van der Waals surface area contributed by atoms with Crippen molar-refractivity contribution in [3.8, 4) is 0 Å². The molecular weight excluding hydrogens is 578 g/mol. The first-order chi connectivity index (χ1) is 19.8. The quantitative estimate of drug-likeness (QED) is 0.339. The van der Waals surface area contributed by atoms with Crippen LogP contribution in [0.15, 0.2) is 30.7 Å². The molecule has 13 heteroatoms. The van der Waals surface area contributed by atoms with Gasteiger partial charge in [0.05, 0.1) is 28.7 Å². The number of hydrogen-bond acceptors (Lipinski definition) is 5. The number of amides is 1. The summed E-state index contributed by atoms with van der Waals surface area (Å²) in [6.07, 6.45) is 1.03. The molecule has 2 aromatic heterocycles. The van der Waals surface area contributed by atoms with E-state index in [0.717, 1.165) is 6.07 Å². The second-order valence-electron chi connectivity index (χ2n) is 11.9. The van der Waals surface area contributed by atoms with Crippen LogP contribution in [0, 0.1) is 17.7 Å². The van der Waals surface area contributed by atoms with Crippen LogP contribution in [0.25, 0.3) is 0 Å². The van der Waals surface area contributed by atoms with E-state index < -0.39 is 29.2 Å². The highest BCUT2D eigenvalue weighted by molar-refractivity contribution is 6.31. The standard InChI is InChI=1S/C29H30ClF4N5O3/c1-38-14-35-24(25(38)27(41)36-18-2-7-23(31)22(30)10-18)15-8-16-11-28(42,12-17(16)9-15)21-13-39(37-26(21)29(32,33)34)19-3-5-20(40)6-4-19/h2,7,10,13-17,19,42H,3-6,8-9,11-12H2,1H3,(H,36,41). The lowest BCUT2D eigenvalue weighted by molar-refractivity contribution is -0.144. The molecule has 8 nitrogen and oxygen atoms in total. The van der Waals surface area contributed by atoms with Crippen LogP contribution in [0.4, 0.5) is 23.2 Å². The number of carbonyl (C=O) groups is 2. The second-order valence-corrected chi connectivity index (χ2v) is 12.3. The summed E-state index contributed by atoms with van der Waals surface area (Å²) < 4.78 is 58.7. The Kier molecular flexibility index (Phi) is 7.20. The fourth-order valence-electron chi connectivity index (χ4n) is 7.21. The van der Waals surface area contributed by atoms with Gasteiger partial charge < -0.3 is 15.0 Å². The number of aliphatic hydroxyl groups is 1. The number of hydrogen-bond donors (Lipinski definition) is 2. The van der Waals surface area contributed by atoms with Crippen LogP contribution in [-0.2, 0) is 23.6 Å². The van der Waals surface area contributed by atoms with Gasteiger partial charge in [-0.1, -0.05) is 11.6 Å². The van der Waals surface area contributed by atoms with Gasteiger partial charge >= 0.3 is 6.18 Å². The lowest BCUT2D eigenvalue weighted by Gasteiger charge is -2.25. The van der Waals surface area contributed by atoms with Crippen molar-refractivity contribution >= 4 is 29.0 Å². The van der Waals surface area contributed by atoms with Gasteiger partial charge in [-0.3, -0.25) is 14.3 Å². The molecule has 2 unspecified atom stereocenters. The minimum Gasteiger partial charge on any atom is -0.385 e. The van der Waals surface area contributed by atoms with Gasteiger partial charge in [-0.2, -0.15) is 18.3 Å². The summed E-state index contributed by atoms with van der Waals surface area (Å²) in [5.74, 6) is -1.19. The number of imidazole rings is 1. The van der Waals surface area contributed by atoms with Crippen molar-refractivity contribution in [2.45, 2.75) is 75.1 Å². The average molecular weight is 608 g/mol. The number of Topliss-reactive ketones (excluding diaryl/α,β-unsaturated/α-hetero) is 1.